The van der Waals surface area contributed by atoms with Crippen molar-refractivity contribution in [3.05, 3.63) is 76.6 Å². The van der Waals surface area contributed by atoms with Crippen molar-refractivity contribution < 1.29 is 4.79 Å². The molecule has 0 unspecified atom stereocenters. The molecule has 0 bridgehead atoms. The first kappa shape index (κ1) is 21.0. The van der Waals surface area contributed by atoms with Crippen LogP contribution in [0.5, 0.6) is 0 Å². The van der Waals surface area contributed by atoms with Gasteiger partial charge < -0.3 is 4.90 Å². The number of aryl methyl sites for hydroxylation is 1. The van der Waals surface area contributed by atoms with Crippen molar-refractivity contribution in [2.75, 3.05) is 18.8 Å². The summed E-state index contributed by atoms with van der Waals surface area (Å²) in [7, 11) is 0. The largest absolute Gasteiger partial charge is 0.342 e. The maximum Gasteiger partial charge on any atom is 0.267 e. The van der Waals surface area contributed by atoms with Gasteiger partial charge in [-0.25, -0.2) is 4.98 Å². The van der Waals surface area contributed by atoms with E-state index in [1.165, 1.54) is 23.1 Å². The lowest BCUT2D eigenvalue weighted by Gasteiger charge is -2.16. The molecular weight excluding hydrogens is 438 g/mol. The zero-order chi connectivity index (χ0) is 22.1. The van der Waals surface area contributed by atoms with Gasteiger partial charge in [-0.3, -0.25) is 14.2 Å². The van der Waals surface area contributed by atoms with Gasteiger partial charge in [-0.1, -0.05) is 60.3 Å². The summed E-state index contributed by atoms with van der Waals surface area (Å²) in [6.07, 6.45) is 2.12. The van der Waals surface area contributed by atoms with Crippen LogP contribution in [0.25, 0.3) is 26.3 Å². The Morgan fingerprint density at radius 3 is 2.53 bits per heavy atom. The van der Waals surface area contributed by atoms with Gasteiger partial charge in [0.1, 0.15) is 4.83 Å². The molecule has 1 fully saturated rings. The molecule has 0 radical (unpaired) electrons. The quantitative estimate of drug-likeness (QED) is 0.305. The van der Waals surface area contributed by atoms with Crippen LogP contribution < -0.4 is 5.56 Å². The maximum atomic E-state index is 13.7. The molecule has 3 heterocycles. The van der Waals surface area contributed by atoms with Crippen molar-refractivity contribution >= 4 is 39.2 Å². The summed E-state index contributed by atoms with van der Waals surface area (Å²) in [4.78, 5) is 34.8. The number of likely N-dealkylation sites (tertiary alicyclic amines) is 1. The monoisotopic (exact) mass is 461 g/mol. The average Bonchev–Trinajstić information content (AvgIpc) is 3.50. The number of fused-ring (bicyclic) bond motifs is 1. The topological polar surface area (TPSA) is 55.2 Å². The minimum atomic E-state index is -0.0983. The lowest BCUT2D eigenvalue weighted by Crippen LogP contribution is -2.29. The molecule has 0 N–H and O–H groups in total. The van der Waals surface area contributed by atoms with E-state index in [0.717, 1.165) is 47.6 Å². The highest BCUT2D eigenvalue weighted by Crippen LogP contribution is 2.33. The molecule has 5 nitrogen and oxygen atoms in total. The molecule has 1 saturated heterocycles. The Bertz CT molecular complexity index is 1340. The summed E-state index contributed by atoms with van der Waals surface area (Å²) in [5, 5.41) is 1.16. The predicted octanol–water partition coefficient (Wildman–Crippen LogP) is 5.14. The molecule has 4 aromatic rings. The van der Waals surface area contributed by atoms with E-state index in [1.807, 2.05) is 72.5 Å². The number of para-hydroxylation sites is 1. The molecule has 5 rings (SSSR count). The number of hydrogen-bond acceptors (Lipinski definition) is 5. The highest BCUT2D eigenvalue weighted by atomic mass is 32.2. The minimum Gasteiger partial charge on any atom is -0.342 e. The van der Waals surface area contributed by atoms with Crippen LogP contribution in [0.3, 0.4) is 0 Å². The number of hydrogen-bond donors (Lipinski definition) is 0. The van der Waals surface area contributed by atoms with Crippen LogP contribution in [-0.2, 0) is 4.79 Å². The van der Waals surface area contributed by atoms with E-state index in [9.17, 15) is 9.59 Å². The summed E-state index contributed by atoms with van der Waals surface area (Å²) >= 11 is 2.86. The van der Waals surface area contributed by atoms with E-state index in [0.29, 0.717) is 15.4 Å². The van der Waals surface area contributed by atoms with Crippen LogP contribution in [0.4, 0.5) is 0 Å². The van der Waals surface area contributed by atoms with Gasteiger partial charge in [-0.2, -0.15) is 0 Å². The molecule has 2 aromatic carbocycles. The summed E-state index contributed by atoms with van der Waals surface area (Å²) in [5.41, 5.74) is 2.76. The van der Waals surface area contributed by atoms with Crippen LogP contribution >= 0.6 is 23.1 Å². The van der Waals surface area contributed by atoms with E-state index in [1.54, 1.807) is 4.57 Å². The third kappa shape index (κ3) is 3.98. The average molecular weight is 462 g/mol. The van der Waals surface area contributed by atoms with Gasteiger partial charge in [-0.15, -0.1) is 11.3 Å². The second-order valence-corrected chi connectivity index (χ2v) is 9.87. The molecule has 1 amide bonds. The highest BCUT2D eigenvalue weighted by Gasteiger charge is 2.21. The smallest absolute Gasteiger partial charge is 0.267 e. The lowest BCUT2D eigenvalue weighted by molar-refractivity contribution is -0.127. The molecule has 2 aromatic heterocycles. The second-order valence-electron chi connectivity index (χ2n) is 7.89. The summed E-state index contributed by atoms with van der Waals surface area (Å²) in [6.45, 7) is 3.63. The van der Waals surface area contributed by atoms with Gasteiger partial charge in [0.15, 0.2) is 5.16 Å². The van der Waals surface area contributed by atoms with Crippen molar-refractivity contribution in [3.63, 3.8) is 0 Å². The number of benzene rings is 2. The molecular formula is C25H23N3O2S2. The van der Waals surface area contributed by atoms with Crippen molar-refractivity contribution in [1.29, 1.82) is 0 Å². The number of thiophene rings is 1. The van der Waals surface area contributed by atoms with Crippen molar-refractivity contribution in [2.24, 2.45) is 0 Å². The molecule has 0 aliphatic carbocycles. The van der Waals surface area contributed by atoms with Crippen LogP contribution in [-0.4, -0.2) is 39.2 Å². The Kier molecular flexibility index (Phi) is 5.85. The van der Waals surface area contributed by atoms with Crippen molar-refractivity contribution in [2.45, 2.75) is 24.9 Å². The van der Waals surface area contributed by atoms with Gasteiger partial charge in [0, 0.05) is 18.0 Å². The van der Waals surface area contributed by atoms with Gasteiger partial charge >= 0.3 is 0 Å². The molecule has 1 aliphatic rings. The van der Waals surface area contributed by atoms with Crippen LogP contribution in [0.2, 0.25) is 0 Å². The second kappa shape index (κ2) is 8.92. The summed E-state index contributed by atoms with van der Waals surface area (Å²) < 4.78 is 1.67. The number of carbonyl (C=O) groups excluding carboxylic acids is 1. The number of aromatic nitrogens is 2. The molecule has 1 aliphatic heterocycles. The number of amides is 1. The van der Waals surface area contributed by atoms with E-state index in [-0.39, 0.29) is 17.2 Å². The van der Waals surface area contributed by atoms with E-state index < -0.39 is 0 Å². The van der Waals surface area contributed by atoms with Gasteiger partial charge in [0.25, 0.3) is 5.56 Å². The Labute approximate surface area is 194 Å². The number of carbonyl (C=O) groups is 1. The van der Waals surface area contributed by atoms with Crippen molar-refractivity contribution in [1.82, 2.24) is 14.5 Å². The molecule has 0 saturated carbocycles. The Balaban J connectivity index is 1.61. The number of nitrogens with zero attached hydrogens (tertiary/aromatic N) is 3. The fourth-order valence-corrected chi connectivity index (χ4v) is 6.00. The fraction of sp³-hybridized carbons (Fsp3) is 0.240. The highest BCUT2D eigenvalue weighted by molar-refractivity contribution is 7.99. The van der Waals surface area contributed by atoms with Crippen molar-refractivity contribution in [3.8, 4) is 16.1 Å². The fourth-order valence-electron chi connectivity index (χ4n) is 4.01. The molecule has 7 heteroatoms. The third-order valence-electron chi connectivity index (χ3n) is 5.73. The van der Waals surface area contributed by atoms with E-state index in [4.69, 9.17) is 4.98 Å². The SMILES string of the molecule is Cc1ccccc1-n1c(SCC(=O)N2CCCC2)nc2sc(-c3ccccc3)cc2c1=O. The molecule has 162 valence electrons. The minimum absolute atomic E-state index is 0.0983. The predicted molar refractivity (Wildman–Crippen MR) is 132 cm³/mol. The first-order valence-electron chi connectivity index (χ1n) is 10.7. The summed E-state index contributed by atoms with van der Waals surface area (Å²) in [6, 6.07) is 19.8. The van der Waals surface area contributed by atoms with Gasteiger partial charge in [-0.05, 0) is 43.0 Å². The van der Waals surface area contributed by atoms with Gasteiger partial charge in [0.05, 0.1) is 16.8 Å². The third-order valence-corrected chi connectivity index (χ3v) is 7.73. The van der Waals surface area contributed by atoms with Crippen LogP contribution in [0, 0.1) is 6.92 Å². The molecule has 0 atom stereocenters. The standard InChI is InChI=1S/C25H23N3O2S2/c1-17-9-5-6-12-20(17)28-24(30)19-15-21(18-10-3-2-4-11-18)32-23(19)26-25(28)31-16-22(29)27-13-7-8-14-27/h2-6,9-12,15H,7-8,13-14,16H2,1H3. The molecule has 32 heavy (non-hydrogen) atoms. The Morgan fingerprint density at radius 2 is 1.78 bits per heavy atom. The van der Waals surface area contributed by atoms with Gasteiger partial charge in [0.2, 0.25) is 5.91 Å². The summed E-state index contributed by atoms with van der Waals surface area (Å²) in [5.74, 6) is 0.384. The maximum absolute atomic E-state index is 13.7. The van der Waals surface area contributed by atoms with E-state index in [2.05, 4.69) is 0 Å². The Morgan fingerprint density at radius 1 is 1.06 bits per heavy atom. The van der Waals surface area contributed by atoms with E-state index >= 15 is 0 Å². The van der Waals surface area contributed by atoms with Crippen LogP contribution in [0.1, 0.15) is 18.4 Å². The van der Waals surface area contributed by atoms with Crippen LogP contribution in [0.15, 0.2) is 70.6 Å². The zero-order valence-corrected chi connectivity index (χ0v) is 19.4. The zero-order valence-electron chi connectivity index (χ0n) is 17.8. The first-order valence-corrected chi connectivity index (χ1v) is 12.5. The Hall–Kier alpha value is -2.90. The number of thioether (sulfide) groups is 1. The lowest BCUT2D eigenvalue weighted by atomic mass is 10.2. The normalized spacial score (nSPS) is 13.7. The molecule has 0 spiro atoms. The number of rotatable bonds is 5. The first-order chi connectivity index (χ1) is 15.6.